The maximum atomic E-state index is 5.75. The molecule has 2 atom stereocenters. The van der Waals surface area contributed by atoms with Crippen molar-refractivity contribution in [3.05, 3.63) is 0 Å². The van der Waals surface area contributed by atoms with Crippen molar-refractivity contribution in [2.45, 2.75) is 38.3 Å². The minimum atomic E-state index is 0.271. The van der Waals surface area contributed by atoms with Gasteiger partial charge in [0.25, 0.3) is 0 Å². The Morgan fingerprint density at radius 2 is 2.56 bits per heavy atom. The molecule has 0 bridgehead atoms. The number of hydrogen-bond acceptors (Lipinski definition) is 2. The first-order valence-electron chi connectivity index (χ1n) is 3.71. The molecule has 0 aromatic rings. The van der Waals surface area contributed by atoms with Gasteiger partial charge in [0.15, 0.2) is 0 Å². The Kier molecular flexibility index (Phi) is 2.49. The molecule has 1 aliphatic heterocycles. The molecule has 2 N–H and O–H groups in total. The van der Waals surface area contributed by atoms with Gasteiger partial charge < -0.3 is 10.5 Å². The van der Waals surface area contributed by atoms with Gasteiger partial charge in [0.05, 0.1) is 6.10 Å². The normalized spacial score (nSPS) is 30.7. The third kappa shape index (κ3) is 1.66. The first kappa shape index (κ1) is 7.03. The topological polar surface area (TPSA) is 35.2 Å². The van der Waals surface area contributed by atoms with Crippen molar-refractivity contribution < 1.29 is 4.74 Å². The predicted molar refractivity (Wildman–Crippen MR) is 37.2 cm³/mol. The fourth-order valence-electron chi connectivity index (χ4n) is 1.20. The summed E-state index contributed by atoms with van der Waals surface area (Å²) in [5.74, 6) is 0. The highest BCUT2D eigenvalue weighted by Gasteiger charge is 2.20. The van der Waals surface area contributed by atoms with Gasteiger partial charge in [-0.25, -0.2) is 0 Å². The second-order valence-corrected chi connectivity index (χ2v) is 2.62. The summed E-state index contributed by atoms with van der Waals surface area (Å²) in [5.41, 5.74) is 5.75. The molecule has 2 heteroatoms. The molecule has 0 aliphatic carbocycles. The van der Waals surface area contributed by atoms with Crippen LogP contribution in [0.2, 0.25) is 0 Å². The van der Waals surface area contributed by atoms with Gasteiger partial charge in [0.2, 0.25) is 0 Å². The Morgan fingerprint density at radius 1 is 1.78 bits per heavy atom. The molecule has 0 spiro atoms. The largest absolute Gasteiger partial charge is 0.377 e. The lowest BCUT2D eigenvalue weighted by Crippen LogP contribution is -2.33. The summed E-state index contributed by atoms with van der Waals surface area (Å²) in [6, 6.07) is 0.271. The van der Waals surface area contributed by atoms with Gasteiger partial charge in [-0.3, -0.25) is 0 Å². The zero-order chi connectivity index (χ0) is 6.69. The number of nitrogens with two attached hydrogens (primary N) is 1. The molecule has 0 aromatic heterocycles. The average Bonchev–Trinajstić information content (AvgIpc) is 2.37. The molecule has 1 unspecified atom stereocenters. The van der Waals surface area contributed by atoms with E-state index in [1.165, 1.54) is 6.42 Å². The van der Waals surface area contributed by atoms with Crippen LogP contribution in [0.4, 0.5) is 0 Å². The minimum Gasteiger partial charge on any atom is -0.377 e. The molecule has 1 heterocycles. The fraction of sp³-hybridized carbons (Fsp3) is 1.00. The maximum absolute atomic E-state index is 5.75. The van der Waals surface area contributed by atoms with Gasteiger partial charge in [0.1, 0.15) is 0 Å². The zero-order valence-electron chi connectivity index (χ0n) is 5.97. The molecule has 1 rings (SSSR count). The van der Waals surface area contributed by atoms with Crippen molar-refractivity contribution >= 4 is 0 Å². The first-order valence-corrected chi connectivity index (χ1v) is 3.71. The molecular weight excluding hydrogens is 114 g/mol. The highest BCUT2D eigenvalue weighted by molar-refractivity contribution is 4.75. The quantitative estimate of drug-likeness (QED) is 0.601. The Hall–Kier alpha value is -0.0800. The van der Waals surface area contributed by atoms with E-state index in [0.29, 0.717) is 6.10 Å². The smallest absolute Gasteiger partial charge is 0.0726 e. The van der Waals surface area contributed by atoms with Crippen molar-refractivity contribution in [2.75, 3.05) is 6.61 Å². The van der Waals surface area contributed by atoms with Crippen LogP contribution in [0.5, 0.6) is 0 Å². The van der Waals surface area contributed by atoms with E-state index in [0.717, 1.165) is 19.4 Å². The van der Waals surface area contributed by atoms with Gasteiger partial charge in [-0.15, -0.1) is 0 Å². The Morgan fingerprint density at radius 3 is 3.00 bits per heavy atom. The lowest BCUT2D eigenvalue weighted by molar-refractivity contribution is 0.0889. The molecule has 54 valence electrons. The van der Waals surface area contributed by atoms with Crippen molar-refractivity contribution in [3.63, 3.8) is 0 Å². The van der Waals surface area contributed by atoms with Crippen molar-refractivity contribution in [1.82, 2.24) is 0 Å². The summed E-state index contributed by atoms with van der Waals surface area (Å²) >= 11 is 0. The number of ether oxygens (including phenoxy) is 1. The number of rotatable bonds is 2. The van der Waals surface area contributed by atoms with Crippen molar-refractivity contribution in [3.8, 4) is 0 Å². The van der Waals surface area contributed by atoms with Crippen LogP contribution in [0.25, 0.3) is 0 Å². The second kappa shape index (κ2) is 3.18. The van der Waals surface area contributed by atoms with Crippen LogP contribution in [-0.4, -0.2) is 18.8 Å². The molecular formula is C7H15NO. The van der Waals surface area contributed by atoms with Gasteiger partial charge in [0, 0.05) is 12.6 Å². The van der Waals surface area contributed by atoms with E-state index in [4.69, 9.17) is 10.5 Å². The highest BCUT2D eigenvalue weighted by atomic mass is 16.5. The second-order valence-electron chi connectivity index (χ2n) is 2.62. The summed E-state index contributed by atoms with van der Waals surface area (Å²) in [7, 11) is 0. The van der Waals surface area contributed by atoms with Crippen molar-refractivity contribution in [1.29, 1.82) is 0 Å². The van der Waals surface area contributed by atoms with Gasteiger partial charge >= 0.3 is 0 Å². The van der Waals surface area contributed by atoms with Crippen LogP contribution in [0, 0.1) is 0 Å². The molecule has 0 saturated carbocycles. The van der Waals surface area contributed by atoms with Gasteiger partial charge in [-0.1, -0.05) is 6.92 Å². The molecule has 0 amide bonds. The van der Waals surface area contributed by atoms with Crippen LogP contribution < -0.4 is 5.73 Å². The third-order valence-corrected chi connectivity index (χ3v) is 1.91. The third-order valence-electron chi connectivity index (χ3n) is 1.91. The Labute approximate surface area is 56.4 Å². The van der Waals surface area contributed by atoms with Crippen LogP contribution in [-0.2, 0) is 4.74 Å². The van der Waals surface area contributed by atoms with E-state index < -0.39 is 0 Å². The van der Waals surface area contributed by atoms with Crippen LogP contribution in [0.15, 0.2) is 0 Å². The van der Waals surface area contributed by atoms with E-state index in [1.54, 1.807) is 0 Å². The number of hydrogen-bond donors (Lipinski definition) is 1. The molecule has 0 radical (unpaired) electrons. The molecule has 1 aliphatic rings. The molecule has 9 heavy (non-hydrogen) atoms. The SMILES string of the molecule is CCC(N)[C@@H]1CCCO1. The van der Waals surface area contributed by atoms with E-state index in [9.17, 15) is 0 Å². The molecule has 1 fully saturated rings. The maximum Gasteiger partial charge on any atom is 0.0726 e. The lowest BCUT2D eigenvalue weighted by Gasteiger charge is -2.15. The highest BCUT2D eigenvalue weighted by Crippen LogP contribution is 2.15. The summed E-state index contributed by atoms with van der Waals surface area (Å²) < 4.78 is 5.38. The van der Waals surface area contributed by atoms with E-state index in [2.05, 4.69) is 6.92 Å². The minimum absolute atomic E-state index is 0.271. The summed E-state index contributed by atoms with van der Waals surface area (Å²) in [6.07, 6.45) is 3.74. The van der Waals surface area contributed by atoms with Crippen molar-refractivity contribution in [2.24, 2.45) is 5.73 Å². The monoisotopic (exact) mass is 129 g/mol. The van der Waals surface area contributed by atoms with E-state index in [-0.39, 0.29) is 6.04 Å². The molecule has 1 saturated heterocycles. The first-order chi connectivity index (χ1) is 4.34. The van der Waals surface area contributed by atoms with Crippen LogP contribution in [0.3, 0.4) is 0 Å². The Bertz CT molecular complexity index is 79.0. The standard InChI is InChI=1S/C7H15NO/c1-2-6(8)7-4-3-5-9-7/h6-7H,2-5,8H2,1H3/t6?,7-/m0/s1. The average molecular weight is 129 g/mol. The predicted octanol–water partition coefficient (Wildman–Crippen LogP) is 0.903. The van der Waals surface area contributed by atoms with E-state index in [1.807, 2.05) is 0 Å². The molecule has 0 aromatic carbocycles. The van der Waals surface area contributed by atoms with Crippen LogP contribution >= 0.6 is 0 Å². The summed E-state index contributed by atoms with van der Waals surface area (Å²) in [5, 5.41) is 0. The Balaban J connectivity index is 2.24. The van der Waals surface area contributed by atoms with Gasteiger partial charge in [-0.05, 0) is 19.3 Å². The zero-order valence-corrected chi connectivity index (χ0v) is 5.97. The lowest BCUT2D eigenvalue weighted by atomic mass is 10.1. The van der Waals surface area contributed by atoms with Crippen LogP contribution in [0.1, 0.15) is 26.2 Å². The molecule has 2 nitrogen and oxygen atoms in total. The summed E-state index contributed by atoms with van der Waals surface area (Å²) in [4.78, 5) is 0. The van der Waals surface area contributed by atoms with E-state index >= 15 is 0 Å². The fourth-order valence-corrected chi connectivity index (χ4v) is 1.20. The summed E-state index contributed by atoms with van der Waals surface area (Å²) in [6.45, 7) is 3.02. The van der Waals surface area contributed by atoms with Gasteiger partial charge in [-0.2, -0.15) is 0 Å².